The van der Waals surface area contributed by atoms with Gasteiger partial charge in [-0.3, -0.25) is 24.6 Å². The maximum Gasteiger partial charge on any atom is 0.293 e. The van der Waals surface area contributed by atoms with Crippen molar-refractivity contribution in [1.82, 2.24) is 4.90 Å². The van der Waals surface area contributed by atoms with Gasteiger partial charge in [0.1, 0.15) is 17.0 Å². The van der Waals surface area contributed by atoms with E-state index in [0.29, 0.717) is 18.0 Å². The molecule has 36 heavy (non-hydrogen) atoms. The van der Waals surface area contributed by atoms with Crippen molar-refractivity contribution in [2.24, 2.45) is 5.41 Å². The fourth-order valence-electron chi connectivity index (χ4n) is 6.64. The molecule has 6 rings (SSSR count). The molecule has 3 atom stereocenters. The lowest BCUT2D eigenvalue weighted by atomic mass is 9.56. The number of rotatable bonds is 3. The molecule has 182 valence electrons. The molecule has 2 N–H and O–H groups in total. The normalized spacial score (nSPS) is 26.4. The number of nitrogens with zero attached hydrogens (tertiary/aromatic N) is 2. The highest BCUT2D eigenvalue weighted by Gasteiger charge is 2.74. The zero-order valence-electron chi connectivity index (χ0n) is 19.8. The van der Waals surface area contributed by atoms with E-state index in [9.17, 15) is 19.7 Å². The topological polar surface area (TPSA) is 114 Å². The van der Waals surface area contributed by atoms with Gasteiger partial charge in [0.25, 0.3) is 11.6 Å². The molecule has 3 aliphatic rings. The number of ketones is 1. The van der Waals surface area contributed by atoms with E-state index in [1.165, 1.54) is 12.1 Å². The smallest absolute Gasteiger partial charge is 0.293 e. The van der Waals surface area contributed by atoms with Crippen LogP contribution in [0.1, 0.15) is 27.4 Å². The molecule has 1 fully saturated rings. The van der Waals surface area contributed by atoms with E-state index in [-0.39, 0.29) is 41.1 Å². The molecule has 9 heteroatoms. The SMILES string of the molecule is COc1ccc([C@@H]2CN(C)[C@]3(C(=O)Nc4ccccc43)[C@]23CNc2c(cccc2[N+](=O)[O-])C3=O)cc1. The second kappa shape index (κ2) is 7.63. The predicted octanol–water partition coefficient (Wildman–Crippen LogP) is 3.77. The van der Waals surface area contributed by atoms with Gasteiger partial charge >= 0.3 is 0 Å². The number of amides is 1. The summed E-state index contributed by atoms with van der Waals surface area (Å²) in [5.74, 6) is -0.243. The lowest BCUT2D eigenvalue weighted by Gasteiger charge is -2.48. The summed E-state index contributed by atoms with van der Waals surface area (Å²) in [6.45, 7) is 0.498. The highest BCUT2D eigenvalue weighted by Crippen LogP contribution is 2.64. The monoisotopic (exact) mass is 484 g/mol. The molecule has 1 amide bonds. The Labute approximate surface area is 207 Å². The molecule has 0 aromatic heterocycles. The predicted molar refractivity (Wildman–Crippen MR) is 133 cm³/mol. The van der Waals surface area contributed by atoms with Crippen LogP contribution in [0, 0.1) is 15.5 Å². The van der Waals surface area contributed by atoms with Crippen LogP contribution in [0.2, 0.25) is 0 Å². The van der Waals surface area contributed by atoms with Crippen molar-refractivity contribution in [2.45, 2.75) is 11.5 Å². The van der Waals surface area contributed by atoms with Crippen molar-refractivity contribution in [2.75, 3.05) is 37.9 Å². The Morgan fingerprint density at radius 1 is 1.06 bits per heavy atom. The molecule has 2 spiro atoms. The van der Waals surface area contributed by atoms with E-state index in [0.717, 1.165) is 11.1 Å². The van der Waals surface area contributed by atoms with Crippen molar-refractivity contribution >= 4 is 28.8 Å². The van der Waals surface area contributed by atoms with Crippen LogP contribution < -0.4 is 15.4 Å². The van der Waals surface area contributed by atoms with E-state index in [1.54, 1.807) is 13.2 Å². The van der Waals surface area contributed by atoms with Crippen molar-refractivity contribution in [3.05, 3.63) is 93.5 Å². The Balaban J connectivity index is 1.64. The van der Waals surface area contributed by atoms with Crippen LogP contribution in [0.4, 0.5) is 17.1 Å². The van der Waals surface area contributed by atoms with E-state index in [2.05, 4.69) is 10.6 Å². The van der Waals surface area contributed by atoms with Gasteiger partial charge < -0.3 is 15.4 Å². The van der Waals surface area contributed by atoms with Crippen molar-refractivity contribution < 1.29 is 19.2 Å². The molecule has 0 bridgehead atoms. The lowest BCUT2D eigenvalue weighted by molar-refractivity contribution is -0.384. The maximum absolute atomic E-state index is 14.7. The second-order valence-corrected chi connectivity index (χ2v) is 9.53. The molecule has 1 saturated heterocycles. The number of methoxy groups -OCH3 is 1. The number of hydrogen-bond donors (Lipinski definition) is 2. The van der Waals surface area contributed by atoms with Gasteiger partial charge in [0.15, 0.2) is 5.78 Å². The summed E-state index contributed by atoms with van der Waals surface area (Å²) < 4.78 is 5.33. The first-order valence-electron chi connectivity index (χ1n) is 11.7. The molecule has 0 saturated carbocycles. The zero-order chi connectivity index (χ0) is 25.2. The van der Waals surface area contributed by atoms with Crippen LogP contribution in [0.5, 0.6) is 5.75 Å². The summed E-state index contributed by atoms with van der Waals surface area (Å²) in [6, 6.07) is 19.5. The molecular formula is C27H24N4O5. The highest BCUT2D eigenvalue weighted by atomic mass is 16.6. The zero-order valence-corrected chi connectivity index (χ0v) is 19.8. The van der Waals surface area contributed by atoms with Gasteiger partial charge in [0.05, 0.1) is 17.4 Å². The summed E-state index contributed by atoms with van der Waals surface area (Å²) in [5.41, 5.74) is -0.0206. The van der Waals surface area contributed by atoms with E-state index in [1.807, 2.05) is 60.5 Å². The van der Waals surface area contributed by atoms with Gasteiger partial charge in [0, 0.05) is 41.9 Å². The van der Waals surface area contributed by atoms with Crippen LogP contribution in [0.15, 0.2) is 66.7 Å². The molecule has 9 nitrogen and oxygen atoms in total. The quantitative estimate of drug-likeness (QED) is 0.430. The third-order valence-corrected chi connectivity index (χ3v) is 8.11. The first-order valence-corrected chi connectivity index (χ1v) is 11.7. The Morgan fingerprint density at radius 2 is 1.81 bits per heavy atom. The van der Waals surface area contributed by atoms with Gasteiger partial charge in [0.2, 0.25) is 0 Å². The molecule has 0 unspecified atom stereocenters. The number of Topliss-reactive ketones (excluding diaryl/α,β-unsaturated/α-hetero) is 1. The molecule has 3 aromatic rings. The fourth-order valence-corrected chi connectivity index (χ4v) is 6.64. The summed E-state index contributed by atoms with van der Waals surface area (Å²) in [6.07, 6.45) is 0. The third kappa shape index (κ3) is 2.58. The Morgan fingerprint density at radius 3 is 2.53 bits per heavy atom. The number of hydrogen-bond acceptors (Lipinski definition) is 7. The van der Waals surface area contributed by atoms with Gasteiger partial charge in [-0.15, -0.1) is 0 Å². The maximum atomic E-state index is 14.7. The highest BCUT2D eigenvalue weighted by molar-refractivity contribution is 6.17. The number of ether oxygens (including phenoxy) is 1. The standard InChI is InChI=1S/C27H24N4O5/c1-30-14-20(16-10-12-17(36-2)13-11-16)26(27(30)19-7-3-4-8-21(19)29-25(27)33)15-28-23-18(24(26)32)6-5-9-22(23)31(34)35/h3-13,20,28H,14-15H2,1-2H3,(H,29,33)/t20-,26+,27+/m0/s1. The largest absolute Gasteiger partial charge is 0.497 e. The number of carbonyl (C=O) groups excluding carboxylic acids is 2. The number of likely N-dealkylation sites (tertiary alicyclic amines) is 1. The molecule has 0 aliphatic carbocycles. The lowest BCUT2D eigenvalue weighted by Crippen LogP contribution is -2.62. The fraction of sp³-hybridized carbons (Fsp3) is 0.259. The number of carbonyl (C=O) groups is 2. The number of anilines is 2. The summed E-state index contributed by atoms with van der Waals surface area (Å²) >= 11 is 0. The van der Waals surface area contributed by atoms with Gasteiger partial charge in [-0.05, 0) is 36.9 Å². The van der Waals surface area contributed by atoms with Crippen LogP contribution >= 0.6 is 0 Å². The van der Waals surface area contributed by atoms with Crippen LogP contribution in [0.3, 0.4) is 0 Å². The number of para-hydroxylation sites is 2. The Kier molecular flexibility index (Phi) is 4.71. The molecular weight excluding hydrogens is 460 g/mol. The average Bonchev–Trinajstić information content (AvgIpc) is 3.34. The minimum atomic E-state index is -1.30. The summed E-state index contributed by atoms with van der Waals surface area (Å²) in [4.78, 5) is 41.9. The second-order valence-electron chi connectivity index (χ2n) is 9.53. The number of nitro benzene ring substituents is 1. The van der Waals surface area contributed by atoms with E-state index >= 15 is 0 Å². The van der Waals surface area contributed by atoms with Crippen LogP contribution in [0.25, 0.3) is 0 Å². The third-order valence-electron chi connectivity index (χ3n) is 8.11. The summed E-state index contributed by atoms with van der Waals surface area (Å²) in [7, 11) is 3.45. The van der Waals surface area contributed by atoms with Crippen molar-refractivity contribution in [3.8, 4) is 5.75 Å². The minimum absolute atomic E-state index is 0.0620. The Bertz CT molecular complexity index is 1440. The van der Waals surface area contributed by atoms with Gasteiger partial charge in [-0.1, -0.05) is 36.4 Å². The number of likely N-dealkylation sites (N-methyl/N-ethyl adjacent to an activating group) is 1. The van der Waals surface area contributed by atoms with Crippen LogP contribution in [-0.4, -0.2) is 48.8 Å². The first kappa shape index (κ1) is 22.2. The summed E-state index contributed by atoms with van der Waals surface area (Å²) in [5, 5.41) is 18.0. The first-order chi connectivity index (χ1) is 17.4. The van der Waals surface area contributed by atoms with Crippen molar-refractivity contribution in [1.29, 1.82) is 0 Å². The number of nitrogens with one attached hydrogen (secondary N) is 2. The van der Waals surface area contributed by atoms with E-state index in [4.69, 9.17) is 4.74 Å². The number of nitro groups is 1. The average molecular weight is 485 g/mol. The van der Waals surface area contributed by atoms with Gasteiger partial charge in [-0.2, -0.15) is 0 Å². The van der Waals surface area contributed by atoms with Crippen LogP contribution in [-0.2, 0) is 10.3 Å². The molecule has 0 radical (unpaired) electrons. The molecule has 3 aliphatic heterocycles. The minimum Gasteiger partial charge on any atom is -0.497 e. The Hall–Kier alpha value is -4.24. The molecule has 3 heterocycles. The molecule has 3 aromatic carbocycles. The van der Waals surface area contributed by atoms with E-state index < -0.39 is 15.9 Å². The van der Waals surface area contributed by atoms with Crippen molar-refractivity contribution in [3.63, 3.8) is 0 Å². The number of benzene rings is 3. The number of fused-ring (bicyclic) bond motifs is 4. The van der Waals surface area contributed by atoms with Gasteiger partial charge in [-0.25, -0.2) is 0 Å².